The first-order valence-corrected chi connectivity index (χ1v) is 8.20. The zero-order chi connectivity index (χ0) is 15.0. The van der Waals surface area contributed by atoms with Gasteiger partial charge in [0.15, 0.2) is 0 Å². The Balaban J connectivity index is 2.11. The van der Waals surface area contributed by atoms with E-state index in [1.54, 1.807) is 0 Å². The standard InChI is InChI=1S/C18H20BrNO/c1-12-5-7-17-14(10-12)4-3-9-20(17)18-8-6-15(19)11-16(18)13(2)21/h5-8,10-11,13,21H,3-4,9H2,1-2H3. The Morgan fingerprint density at radius 3 is 2.67 bits per heavy atom. The summed E-state index contributed by atoms with van der Waals surface area (Å²) in [5.41, 5.74) is 6.06. The van der Waals surface area contributed by atoms with Crippen molar-refractivity contribution in [3.63, 3.8) is 0 Å². The van der Waals surface area contributed by atoms with Gasteiger partial charge in [0.2, 0.25) is 0 Å². The monoisotopic (exact) mass is 345 g/mol. The van der Waals surface area contributed by atoms with E-state index in [-0.39, 0.29) is 0 Å². The first-order valence-electron chi connectivity index (χ1n) is 7.41. The lowest BCUT2D eigenvalue weighted by molar-refractivity contribution is 0.199. The van der Waals surface area contributed by atoms with E-state index in [0.29, 0.717) is 0 Å². The second-order valence-corrected chi connectivity index (χ2v) is 6.68. The van der Waals surface area contributed by atoms with Gasteiger partial charge in [-0.2, -0.15) is 0 Å². The number of benzene rings is 2. The molecular weight excluding hydrogens is 326 g/mol. The van der Waals surface area contributed by atoms with E-state index in [0.717, 1.165) is 35.1 Å². The van der Waals surface area contributed by atoms with Gasteiger partial charge in [0.1, 0.15) is 0 Å². The van der Waals surface area contributed by atoms with Gasteiger partial charge >= 0.3 is 0 Å². The molecule has 1 atom stereocenters. The molecule has 0 saturated carbocycles. The molecular formula is C18H20BrNO. The summed E-state index contributed by atoms with van der Waals surface area (Å²) in [6, 6.07) is 12.8. The number of hydrogen-bond acceptors (Lipinski definition) is 2. The van der Waals surface area contributed by atoms with E-state index in [2.05, 4.69) is 52.0 Å². The number of aliphatic hydroxyl groups is 1. The third-order valence-electron chi connectivity index (χ3n) is 4.08. The third-order valence-corrected chi connectivity index (χ3v) is 4.58. The number of anilines is 2. The molecule has 2 nitrogen and oxygen atoms in total. The highest BCUT2D eigenvalue weighted by molar-refractivity contribution is 9.10. The Kier molecular flexibility index (Phi) is 4.05. The van der Waals surface area contributed by atoms with Crippen molar-refractivity contribution in [3.05, 3.63) is 57.6 Å². The second-order valence-electron chi connectivity index (χ2n) is 5.77. The molecule has 2 aromatic carbocycles. The maximum atomic E-state index is 10.1. The van der Waals surface area contributed by atoms with Gasteiger partial charge in [-0.05, 0) is 56.5 Å². The van der Waals surface area contributed by atoms with E-state index < -0.39 is 6.10 Å². The molecule has 1 aliphatic rings. The average molecular weight is 346 g/mol. The van der Waals surface area contributed by atoms with Crippen LogP contribution in [0.15, 0.2) is 40.9 Å². The van der Waals surface area contributed by atoms with Crippen molar-refractivity contribution in [1.29, 1.82) is 0 Å². The van der Waals surface area contributed by atoms with Crippen LogP contribution in [0.2, 0.25) is 0 Å². The summed E-state index contributed by atoms with van der Waals surface area (Å²) < 4.78 is 1.00. The fourth-order valence-electron chi connectivity index (χ4n) is 3.08. The minimum Gasteiger partial charge on any atom is -0.389 e. The Morgan fingerprint density at radius 2 is 1.90 bits per heavy atom. The third kappa shape index (κ3) is 2.85. The maximum Gasteiger partial charge on any atom is 0.0782 e. The number of halogens is 1. The molecule has 1 unspecified atom stereocenters. The van der Waals surface area contributed by atoms with E-state index in [1.165, 1.54) is 16.8 Å². The Hall–Kier alpha value is -1.32. The second kappa shape index (κ2) is 5.82. The summed E-state index contributed by atoms with van der Waals surface area (Å²) in [4.78, 5) is 2.34. The van der Waals surface area contributed by atoms with Gasteiger partial charge in [-0.15, -0.1) is 0 Å². The van der Waals surface area contributed by atoms with Gasteiger partial charge in [0.05, 0.1) is 6.10 Å². The lowest BCUT2D eigenvalue weighted by Gasteiger charge is -2.33. The fourth-order valence-corrected chi connectivity index (χ4v) is 3.46. The van der Waals surface area contributed by atoms with Gasteiger partial charge in [0, 0.05) is 28.0 Å². The Labute approximate surface area is 134 Å². The molecule has 3 rings (SSSR count). The van der Waals surface area contributed by atoms with Crippen LogP contribution >= 0.6 is 15.9 Å². The van der Waals surface area contributed by atoms with Crippen LogP contribution in [0, 0.1) is 6.92 Å². The van der Waals surface area contributed by atoms with Crippen molar-refractivity contribution in [1.82, 2.24) is 0 Å². The minimum absolute atomic E-state index is 0.478. The maximum absolute atomic E-state index is 10.1. The fraction of sp³-hybridized carbons (Fsp3) is 0.333. The van der Waals surface area contributed by atoms with Crippen molar-refractivity contribution >= 4 is 27.3 Å². The molecule has 1 heterocycles. The molecule has 21 heavy (non-hydrogen) atoms. The molecule has 0 bridgehead atoms. The summed E-state index contributed by atoms with van der Waals surface area (Å²) in [5, 5.41) is 10.1. The van der Waals surface area contributed by atoms with Crippen molar-refractivity contribution in [2.24, 2.45) is 0 Å². The van der Waals surface area contributed by atoms with E-state index in [9.17, 15) is 5.11 Å². The smallest absolute Gasteiger partial charge is 0.0782 e. The van der Waals surface area contributed by atoms with E-state index in [1.807, 2.05) is 19.1 Å². The molecule has 0 saturated heterocycles. The summed E-state index contributed by atoms with van der Waals surface area (Å²) in [6.45, 7) is 4.96. The number of hydrogen-bond donors (Lipinski definition) is 1. The predicted molar refractivity (Wildman–Crippen MR) is 91.3 cm³/mol. The lowest BCUT2D eigenvalue weighted by atomic mass is 9.97. The van der Waals surface area contributed by atoms with E-state index >= 15 is 0 Å². The van der Waals surface area contributed by atoms with Crippen molar-refractivity contribution in [3.8, 4) is 0 Å². The lowest BCUT2D eigenvalue weighted by Crippen LogP contribution is -2.25. The van der Waals surface area contributed by atoms with Crippen LogP contribution in [0.5, 0.6) is 0 Å². The average Bonchev–Trinajstić information content (AvgIpc) is 2.46. The summed E-state index contributed by atoms with van der Waals surface area (Å²) >= 11 is 3.50. The van der Waals surface area contributed by atoms with Crippen LogP contribution in [0.1, 0.15) is 36.1 Å². The first kappa shape index (κ1) is 14.6. The van der Waals surface area contributed by atoms with Gasteiger partial charge in [-0.25, -0.2) is 0 Å². The normalized spacial score (nSPS) is 15.7. The zero-order valence-corrected chi connectivity index (χ0v) is 14.0. The molecule has 1 N–H and O–H groups in total. The highest BCUT2D eigenvalue weighted by Gasteiger charge is 2.21. The molecule has 1 aliphatic heterocycles. The first-order chi connectivity index (χ1) is 10.1. The largest absolute Gasteiger partial charge is 0.389 e. The van der Waals surface area contributed by atoms with Crippen LogP contribution < -0.4 is 4.90 Å². The number of aryl methyl sites for hydroxylation is 2. The molecule has 0 spiro atoms. The Bertz CT molecular complexity index is 666. The zero-order valence-electron chi connectivity index (χ0n) is 12.4. The van der Waals surface area contributed by atoms with Crippen LogP contribution in [0.25, 0.3) is 0 Å². The number of nitrogens with zero attached hydrogens (tertiary/aromatic N) is 1. The van der Waals surface area contributed by atoms with Gasteiger partial charge in [-0.3, -0.25) is 0 Å². The topological polar surface area (TPSA) is 23.5 Å². The summed E-state index contributed by atoms with van der Waals surface area (Å²) in [7, 11) is 0. The molecule has 0 aromatic heterocycles. The molecule has 2 aromatic rings. The van der Waals surface area contributed by atoms with Crippen molar-refractivity contribution in [2.45, 2.75) is 32.8 Å². The predicted octanol–water partition coefficient (Wildman–Crippen LogP) is 4.90. The number of fused-ring (bicyclic) bond motifs is 1. The highest BCUT2D eigenvalue weighted by Crippen LogP contribution is 2.38. The minimum atomic E-state index is -0.478. The molecule has 3 heteroatoms. The van der Waals surface area contributed by atoms with Gasteiger partial charge in [0.25, 0.3) is 0 Å². The molecule has 110 valence electrons. The summed E-state index contributed by atoms with van der Waals surface area (Å²) in [6.07, 6.45) is 1.80. The highest BCUT2D eigenvalue weighted by atomic mass is 79.9. The quantitative estimate of drug-likeness (QED) is 0.836. The summed E-state index contributed by atoms with van der Waals surface area (Å²) in [5.74, 6) is 0. The van der Waals surface area contributed by atoms with Crippen LogP contribution in [0.3, 0.4) is 0 Å². The Morgan fingerprint density at radius 1 is 1.14 bits per heavy atom. The number of aliphatic hydroxyl groups excluding tert-OH is 1. The number of rotatable bonds is 2. The molecule has 0 aliphatic carbocycles. The van der Waals surface area contributed by atoms with E-state index in [4.69, 9.17) is 0 Å². The molecule has 0 fully saturated rings. The molecule has 0 radical (unpaired) electrons. The van der Waals surface area contributed by atoms with Crippen LogP contribution in [-0.2, 0) is 6.42 Å². The van der Waals surface area contributed by atoms with Crippen LogP contribution in [-0.4, -0.2) is 11.7 Å². The van der Waals surface area contributed by atoms with Crippen molar-refractivity contribution in [2.75, 3.05) is 11.4 Å². The van der Waals surface area contributed by atoms with Gasteiger partial charge in [-0.1, -0.05) is 33.6 Å². The SMILES string of the molecule is Cc1ccc2c(c1)CCCN2c1ccc(Br)cc1C(C)O. The van der Waals surface area contributed by atoms with Crippen molar-refractivity contribution < 1.29 is 5.11 Å². The van der Waals surface area contributed by atoms with Gasteiger partial charge < -0.3 is 10.0 Å². The molecule has 0 amide bonds. The van der Waals surface area contributed by atoms with Crippen LogP contribution in [0.4, 0.5) is 11.4 Å².